The molecule has 0 unspecified atom stereocenters. The number of halogens is 2. The van der Waals surface area contributed by atoms with Gasteiger partial charge in [-0.3, -0.25) is 0 Å². The maximum Gasteiger partial charge on any atom is 0.150 e. The van der Waals surface area contributed by atoms with Crippen molar-refractivity contribution >= 4 is 22.9 Å². The lowest BCUT2D eigenvalue weighted by atomic mass is 10.1. The highest BCUT2D eigenvalue weighted by Gasteiger charge is 2.11. The smallest absolute Gasteiger partial charge is 0.150 e. The van der Waals surface area contributed by atoms with Crippen LogP contribution >= 0.6 is 12.2 Å². The normalized spacial score (nSPS) is 10.3. The average Bonchev–Trinajstić information content (AvgIpc) is 2.26. The molecule has 1 aromatic carbocycles. The van der Waals surface area contributed by atoms with Crippen molar-refractivity contribution in [2.45, 2.75) is 26.2 Å². The molecule has 0 saturated carbocycles. The van der Waals surface area contributed by atoms with Crippen LogP contribution in [-0.4, -0.2) is 11.5 Å². The highest BCUT2D eigenvalue weighted by atomic mass is 32.1. The van der Waals surface area contributed by atoms with Crippen molar-refractivity contribution in [1.82, 2.24) is 0 Å². The van der Waals surface area contributed by atoms with Gasteiger partial charge in [0.25, 0.3) is 0 Å². The Bertz CT molecular complexity index is 384. The Morgan fingerprint density at radius 3 is 2.35 bits per heavy atom. The standard InChI is InChI=1S/C12H16F2N2S/c1-2-3-4-5-16-11-9(13)6-8(12(15)17)7-10(11)14/h6-7,16H,2-5H2,1H3,(H2,15,17). The molecule has 0 amide bonds. The molecule has 1 rings (SSSR count). The highest BCUT2D eigenvalue weighted by molar-refractivity contribution is 7.80. The van der Waals surface area contributed by atoms with Crippen LogP contribution < -0.4 is 11.1 Å². The van der Waals surface area contributed by atoms with Gasteiger partial charge < -0.3 is 11.1 Å². The SMILES string of the molecule is CCCCCNc1c(F)cc(C(N)=S)cc1F. The second kappa shape index (κ2) is 6.49. The van der Waals surface area contributed by atoms with E-state index in [4.69, 9.17) is 5.73 Å². The van der Waals surface area contributed by atoms with Crippen LogP contribution in [0.1, 0.15) is 31.7 Å². The topological polar surface area (TPSA) is 38.0 Å². The van der Waals surface area contributed by atoms with E-state index in [1.165, 1.54) is 0 Å². The van der Waals surface area contributed by atoms with Gasteiger partial charge in [-0.15, -0.1) is 0 Å². The lowest BCUT2D eigenvalue weighted by Gasteiger charge is -2.10. The Hall–Kier alpha value is -1.23. The Morgan fingerprint density at radius 2 is 1.88 bits per heavy atom. The number of benzene rings is 1. The van der Waals surface area contributed by atoms with Crippen molar-refractivity contribution in [1.29, 1.82) is 0 Å². The van der Waals surface area contributed by atoms with Crippen LogP contribution in [0.4, 0.5) is 14.5 Å². The van der Waals surface area contributed by atoms with Crippen molar-refractivity contribution < 1.29 is 8.78 Å². The number of rotatable bonds is 6. The molecule has 0 bridgehead atoms. The third-order valence-corrected chi connectivity index (χ3v) is 2.64. The fourth-order valence-corrected chi connectivity index (χ4v) is 1.59. The summed E-state index contributed by atoms with van der Waals surface area (Å²) in [5.74, 6) is -1.33. The zero-order valence-electron chi connectivity index (χ0n) is 9.72. The molecule has 1 aromatic rings. The van der Waals surface area contributed by atoms with Gasteiger partial charge in [0.15, 0.2) is 0 Å². The van der Waals surface area contributed by atoms with E-state index in [0.717, 1.165) is 31.4 Å². The summed E-state index contributed by atoms with van der Waals surface area (Å²) in [5, 5.41) is 2.75. The summed E-state index contributed by atoms with van der Waals surface area (Å²) in [6, 6.07) is 2.29. The van der Waals surface area contributed by atoms with Crippen molar-refractivity contribution in [3.63, 3.8) is 0 Å². The molecule has 0 aromatic heterocycles. The number of anilines is 1. The monoisotopic (exact) mass is 258 g/mol. The molecule has 3 N–H and O–H groups in total. The maximum atomic E-state index is 13.6. The predicted molar refractivity (Wildman–Crippen MR) is 70.3 cm³/mol. The number of hydrogen-bond acceptors (Lipinski definition) is 2. The molecule has 17 heavy (non-hydrogen) atoms. The fraction of sp³-hybridized carbons (Fsp3) is 0.417. The molecule has 0 spiro atoms. The first kappa shape index (κ1) is 13.8. The van der Waals surface area contributed by atoms with Crippen LogP contribution in [0.3, 0.4) is 0 Å². The minimum atomic E-state index is -0.663. The number of hydrogen-bond donors (Lipinski definition) is 2. The molecule has 0 aliphatic carbocycles. The van der Waals surface area contributed by atoms with E-state index in [1.807, 2.05) is 0 Å². The molecule has 5 heteroatoms. The predicted octanol–water partition coefficient (Wildman–Crippen LogP) is 3.20. The van der Waals surface area contributed by atoms with Gasteiger partial charge in [-0.05, 0) is 18.6 Å². The summed E-state index contributed by atoms with van der Waals surface area (Å²) in [7, 11) is 0. The van der Waals surface area contributed by atoms with Gasteiger partial charge in [0.2, 0.25) is 0 Å². The Labute approximate surface area is 105 Å². The minimum absolute atomic E-state index is 0.0136. The molecule has 2 nitrogen and oxygen atoms in total. The average molecular weight is 258 g/mol. The van der Waals surface area contributed by atoms with Crippen LogP contribution in [0, 0.1) is 11.6 Å². The van der Waals surface area contributed by atoms with E-state index < -0.39 is 11.6 Å². The Kier molecular flexibility index (Phi) is 5.28. The molecular weight excluding hydrogens is 242 g/mol. The van der Waals surface area contributed by atoms with Gasteiger partial charge in [-0.1, -0.05) is 32.0 Å². The summed E-state index contributed by atoms with van der Waals surface area (Å²) < 4.78 is 27.1. The summed E-state index contributed by atoms with van der Waals surface area (Å²) in [6.07, 6.45) is 2.97. The largest absolute Gasteiger partial charge is 0.389 e. The van der Waals surface area contributed by atoms with Crippen LogP contribution in [-0.2, 0) is 0 Å². The zero-order valence-corrected chi connectivity index (χ0v) is 10.5. The number of thiocarbonyl (C=S) groups is 1. The van der Waals surface area contributed by atoms with E-state index in [-0.39, 0.29) is 16.2 Å². The van der Waals surface area contributed by atoms with Crippen LogP contribution in [0.15, 0.2) is 12.1 Å². The third-order valence-electron chi connectivity index (χ3n) is 2.41. The molecule has 0 heterocycles. The summed E-state index contributed by atoms with van der Waals surface area (Å²) in [6.45, 7) is 2.62. The van der Waals surface area contributed by atoms with E-state index in [1.54, 1.807) is 0 Å². The van der Waals surface area contributed by atoms with Gasteiger partial charge in [-0.25, -0.2) is 8.78 Å². The molecule has 0 aliphatic heterocycles. The third kappa shape index (κ3) is 3.93. The van der Waals surface area contributed by atoms with Gasteiger partial charge in [0, 0.05) is 12.1 Å². The van der Waals surface area contributed by atoms with Gasteiger partial charge in [0.05, 0.1) is 0 Å². The lowest BCUT2D eigenvalue weighted by Crippen LogP contribution is -2.12. The van der Waals surface area contributed by atoms with E-state index >= 15 is 0 Å². The molecule has 0 aliphatic rings. The molecule has 0 radical (unpaired) electrons. The molecule has 0 saturated heterocycles. The van der Waals surface area contributed by atoms with Crippen LogP contribution in [0.25, 0.3) is 0 Å². The summed E-state index contributed by atoms with van der Waals surface area (Å²) in [5.41, 5.74) is 5.41. The van der Waals surface area contributed by atoms with Crippen LogP contribution in [0.2, 0.25) is 0 Å². The molecule has 94 valence electrons. The number of nitrogens with one attached hydrogen (secondary N) is 1. The van der Waals surface area contributed by atoms with Gasteiger partial charge in [0.1, 0.15) is 22.3 Å². The Morgan fingerprint density at radius 1 is 1.29 bits per heavy atom. The summed E-state index contributed by atoms with van der Waals surface area (Å²) in [4.78, 5) is -0.0136. The van der Waals surface area contributed by atoms with Crippen LogP contribution in [0.5, 0.6) is 0 Å². The van der Waals surface area contributed by atoms with Gasteiger partial charge >= 0.3 is 0 Å². The quantitative estimate of drug-likeness (QED) is 0.608. The number of unbranched alkanes of at least 4 members (excludes halogenated alkanes) is 2. The highest BCUT2D eigenvalue weighted by Crippen LogP contribution is 2.20. The van der Waals surface area contributed by atoms with Crippen molar-refractivity contribution in [3.8, 4) is 0 Å². The summed E-state index contributed by atoms with van der Waals surface area (Å²) >= 11 is 4.67. The van der Waals surface area contributed by atoms with E-state index in [2.05, 4.69) is 24.5 Å². The fourth-order valence-electron chi connectivity index (χ4n) is 1.47. The number of nitrogens with two attached hydrogens (primary N) is 1. The first-order valence-electron chi connectivity index (χ1n) is 5.59. The lowest BCUT2D eigenvalue weighted by molar-refractivity contribution is 0.586. The molecular formula is C12H16F2N2S. The molecule has 0 atom stereocenters. The van der Waals surface area contributed by atoms with E-state index in [9.17, 15) is 8.78 Å². The maximum absolute atomic E-state index is 13.6. The first-order chi connectivity index (χ1) is 8.06. The van der Waals surface area contributed by atoms with Crippen molar-refractivity contribution in [3.05, 3.63) is 29.3 Å². The van der Waals surface area contributed by atoms with Crippen molar-refractivity contribution in [2.24, 2.45) is 5.73 Å². The zero-order chi connectivity index (χ0) is 12.8. The van der Waals surface area contributed by atoms with Gasteiger partial charge in [-0.2, -0.15) is 0 Å². The second-order valence-electron chi connectivity index (χ2n) is 3.81. The van der Waals surface area contributed by atoms with E-state index in [0.29, 0.717) is 6.54 Å². The second-order valence-corrected chi connectivity index (χ2v) is 4.25. The Balaban J connectivity index is 2.76. The molecule has 0 fully saturated rings. The van der Waals surface area contributed by atoms with Crippen molar-refractivity contribution in [2.75, 3.05) is 11.9 Å². The first-order valence-corrected chi connectivity index (χ1v) is 5.99. The minimum Gasteiger partial charge on any atom is -0.389 e.